The number of nitrogens with zero attached hydrogens (tertiary/aromatic N) is 1. The summed E-state index contributed by atoms with van der Waals surface area (Å²) in [5, 5.41) is 2.92. The summed E-state index contributed by atoms with van der Waals surface area (Å²) >= 11 is 1.50. The first kappa shape index (κ1) is 18.5. The Morgan fingerprint density at radius 3 is 2.62 bits per heavy atom. The van der Waals surface area contributed by atoms with Gasteiger partial charge in [0.25, 0.3) is 0 Å². The smallest absolute Gasteiger partial charge is 0.230 e. The second-order valence-electron chi connectivity index (χ2n) is 6.28. The fourth-order valence-corrected chi connectivity index (χ4v) is 3.80. The first-order chi connectivity index (χ1) is 12.5. The lowest BCUT2D eigenvalue weighted by molar-refractivity contribution is -0.119. The van der Waals surface area contributed by atoms with Crippen molar-refractivity contribution < 1.29 is 14.0 Å². The predicted molar refractivity (Wildman–Crippen MR) is 103 cm³/mol. The van der Waals surface area contributed by atoms with E-state index in [1.54, 1.807) is 24.0 Å². The van der Waals surface area contributed by atoms with Crippen molar-refractivity contribution in [2.24, 2.45) is 0 Å². The number of fused-ring (bicyclic) bond motifs is 1. The van der Waals surface area contributed by atoms with Crippen molar-refractivity contribution >= 4 is 29.3 Å². The maximum absolute atomic E-state index is 12.9. The number of nitrogens with one attached hydrogen (secondary N) is 1. The molecule has 1 aliphatic rings. The van der Waals surface area contributed by atoms with Crippen molar-refractivity contribution in [2.75, 3.05) is 17.2 Å². The average Bonchev–Trinajstić information content (AvgIpc) is 3.05. The molecule has 2 aromatic carbocycles. The molecule has 1 N–H and O–H groups in total. The van der Waals surface area contributed by atoms with Crippen LogP contribution in [0.1, 0.15) is 23.6 Å². The largest absolute Gasteiger partial charge is 0.351 e. The summed E-state index contributed by atoms with van der Waals surface area (Å²) in [7, 11) is 0. The fourth-order valence-electron chi connectivity index (χ4n) is 2.99. The van der Waals surface area contributed by atoms with Crippen LogP contribution >= 0.6 is 11.8 Å². The zero-order valence-electron chi connectivity index (χ0n) is 14.6. The summed E-state index contributed by atoms with van der Waals surface area (Å²) in [6.45, 7) is 2.77. The molecule has 1 aliphatic heterocycles. The molecule has 0 spiro atoms. The molecule has 0 fully saturated rings. The molecule has 6 heteroatoms. The van der Waals surface area contributed by atoms with Gasteiger partial charge in [-0.3, -0.25) is 9.59 Å². The predicted octanol–water partition coefficient (Wildman–Crippen LogP) is 3.28. The second-order valence-corrected chi connectivity index (χ2v) is 7.27. The first-order valence-corrected chi connectivity index (χ1v) is 9.67. The van der Waals surface area contributed by atoms with E-state index in [0.29, 0.717) is 18.1 Å². The van der Waals surface area contributed by atoms with Gasteiger partial charge in [-0.1, -0.05) is 24.3 Å². The molecule has 3 rings (SSSR count). The summed E-state index contributed by atoms with van der Waals surface area (Å²) in [6.07, 6.45) is 0.851. The Kier molecular flexibility index (Phi) is 5.93. The highest BCUT2D eigenvalue weighted by atomic mass is 32.2. The van der Waals surface area contributed by atoms with E-state index in [9.17, 15) is 14.0 Å². The zero-order valence-corrected chi connectivity index (χ0v) is 15.4. The highest BCUT2D eigenvalue weighted by molar-refractivity contribution is 7.99. The molecule has 0 saturated heterocycles. The van der Waals surface area contributed by atoms with Gasteiger partial charge in [0.05, 0.1) is 5.75 Å². The van der Waals surface area contributed by atoms with E-state index in [1.807, 2.05) is 12.1 Å². The molecule has 0 aliphatic carbocycles. The van der Waals surface area contributed by atoms with Gasteiger partial charge in [-0.25, -0.2) is 4.39 Å². The van der Waals surface area contributed by atoms with Crippen LogP contribution in [0.4, 0.5) is 10.1 Å². The van der Waals surface area contributed by atoms with Gasteiger partial charge in [0.15, 0.2) is 0 Å². The molecule has 0 atom stereocenters. The average molecular weight is 372 g/mol. The molecule has 2 amide bonds. The summed E-state index contributed by atoms with van der Waals surface area (Å²) in [5.74, 6) is 0.816. The van der Waals surface area contributed by atoms with Gasteiger partial charge in [0.2, 0.25) is 11.8 Å². The van der Waals surface area contributed by atoms with Crippen LogP contribution in [0.2, 0.25) is 0 Å². The maximum atomic E-state index is 12.9. The lowest BCUT2D eigenvalue weighted by Crippen LogP contribution is -2.26. The van der Waals surface area contributed by atoms with Crippen molar-refractivity contribution in [1.82, 2.24) is 5.32 Å². The summed E-state index contributed by atoms with van der Waals surface area (Å²) in [5.41, 5.74) is 4.16. The summed E-state index contributed by atoms with van der Waals surface area (Å²) in [6, 6.07) is 12.3. The molecule has 2 aromatic rings. The van der Waals surface area contributed by atoms with E-state index in [2.05, 4.69) is 11.4 Å². The van der Waals surface area contributed by atoms with Crippen LogP contribution in [0.5, 0.6) is 0 Å². The van der Waals surface area contributed by atoms with E-state index < -0.39 is 0 Å². The molecular weight excluding hydrogens is 351 g/mol. The lowest BCUT2D eigenvalue weighted by Gasteiger charge is -2.15. The van der Waals surface area contributed by atoms with Crippen LogP contribution in [0.15, 0.2) is 42.5 Å². The SMILES string of the molecule is CC(=O)N1CCc2cc(CNC(=O)CSCc3ccc(F)cc3)ccc21. The second kappa shape index (κ2) is 8.36. The van der Waals surface area contributed by atoms with Crippen molar-refractivity contribution in [3.05, 3.63) is 65.0 Å². The number of halogens is 1. The van der Waals surface area contributed by atoms with Gasteiger partial charge in [-0.05, 0) is 41.3 Å². The number of hydrogen-bond acceptors (Lipinski definition) is 3. The Hall–Kier alpha value is -2.34. The standard InChI is InChI=1S/C20H21FN2O2S/c1-14(24)23-9-8-17-10-16(4-7-19(17)23)11-22-20(25)13-26-12-15-2-5-18(21)6-3-15/h2-7,10H,8-9,11-13H2,1H3,(H,22,25). The topological polar surface area (TPSA) is 49.4 Å². The molecule has 0 saturated carbocycles. The third-order valence-electron chi connectivity index (χ3n) is 4.32. The van der Waals surface area contributed by atoms with Gasteiger partial charge >= 0.3 is 0 Å². The van der Waals surface area contributed by atoms with Gasteiger partial charge in [-0.2, -0.15) is 0 Å². The molecule has 26 heavy (non-hydrogen) atoms. The van der Waals surface area contributed by atoms with Gasteiger partial charge in [-0.15, -0.1) is 11.8 Å². The van der Waals surface area contributed by atoms with Gasteiger partial charge < -0.3 is 10.2 Å². The minimum absolute atomic E-state index is 0.0250. The lowest BCUT2D eigenvalue weighted by atomic mass is 10.1. The van der Waals surface area contributed by atoms with E-state index in [4.69, 9.17) is 0 Å². The van der Waals surface area contributed by atoms with Crippen LogP contribution in [-0.4, -0.2) is 24.1 Å². The van der Waals surface area contributed by atoms with Crippen LogP contribution < -0.4 is 10.2 Å². The highest BCUT2D eigenvalue weighted by Crippen LogP contribution is 2.28. The van der Waals surface area contributed by atoms with E-state index in [0.717, 1.165) is 35.3 Å². The molecule has 1 heterocycles. The van der Waals surface area contributed by atoms with Crippen LogP contribution in [0, 0.1) is 5.82 Å². The first-order valence-electron chi connectivity index (χ1n) is 8.52. The minimum atomic E-state index is -0.253. The normalized spacial score (nSPS) is 12.8. The maximum Gasteiger partial charge on any atom is 0.230 e. The van der Waals surface area contributed by atoms with Gasteiger partial charge in [0.1, 0.15) is 5.82 Å². The van der Waals surface area contributed by atoms with Crippen molar-refractivity contribution in [3.8, 4) is 0 Å². The zero-order chi connectivity index (χ0) is 18.5. The highest BCUT2D eigenvalue weighted by Gasteiger charge is 2.21. The Morgan fingerprint density at radius 1 is 1.15 bits per heavy atom. The Bertz CT molecular complexity index is 808. The van der Waals surface area contributed by atoms with Crippen LogP contribution in [-0.2, 0) is 28.3 Å². The molecule has 0 bridgehead atoms. The number of benzene rings is 2. The van der Waals surface area contributed by atoms with Crippen molar-refractivity contribution in [1.29, 1.82) is 0 Å². The van der Waals surface area contributed by atoms with E-state index in [-0.39, 0.29) is 17.6 Å². The van der Waals surface area contributed by atoms with Gasteiger partial charge in [0, 0.05) is 31.5 Å². The summed E-state index contributed by atoms with van der Waals surface area (Å²) in [4.78, 5) is 25.3. The molecule has 136 valence electrons. The van der Waals surface area contributed by atoms with Crippen molar-refractivity contribution in [2.45, 2.75) is 25.6 Å². The molecule has 0 unspecified atom stereocenters. The van der Waals surface area contributed by atoms with E-state index in [1.165, 1.54) is 23.9 Å². The number of carbonyl (C=O) groups is 2. The number of hydrogen-bond donors (Lipinski definition) is 1. The van der Waals surface area contributed by atoms with Crippen molar-refractivity contribution in [3.63, 3.8) is 0 Å². The summed E-state index contributed by atoms with van der Waals surface area (Å²) < 4.78 is 12.9. The number of amides is 2. The van der Waals surface area contributed by atoms with Crippen LogP contribution in [0.25, 0.3) is 0 Å². The minimum Gasteiger partial charge on any atom is -0.351 e. The third-order valence-corrected chi connectivity index (χ3v) is 5.33. The monoisotopic (exact) mass is 372 g/mol. The Balaban J connectivity index is 1.45. The number of carbonyl (C=O) groups excluding carboxylic acids is 2. The molecule has 0 aromatic heterocycles. The third kappa shape index (κ3) is 4.64. The quantitative estimate of drug-likeness (QED) is 0.847. The van der Waals surface area contributed by atoms with E-state index >= 15 is 0 Å². The fraction of sp³-hybridized carbons (Fsp3) is 0.300. The molecule has 0 radical (unpaired) electrons. The number of thioether (sulfide) groups is 1. The molecule has 4 nitrogen and oxygen atoms in total. The number of anilines is 1. The Morgan fingerprint density at radius 2 is 1.88 bits per heavy atom. The number of rotatable bonds is 6. The Labute approximate surface area is 156 Å². The molecular formula is C20H21FN2O2S. The van der Waals surface area contributed by atoms with Crippen LogP contribution in [0.3, 0.4) is 0 Å².